The highest BCUT2D eigenvalue weighted by Crippen LogP contribution is 2.38. The average molecular weight is 251 g/mol. The first-order valence-corrected chi connectivity index (χ1v) is 5.44. The van der Waals surface area contributed by atoms with Crippen molar-refractivity contribution in [2.75, 3.05) is 19.0 Å². The van der Waals surface area contributed by atoms with Crippen LogP contribution < -0.4 is 15.4 Å². The molecule has 7 heteroatoms. The summed E-state index contributed by atoms with van der Waals surface area (Å²) in [7, 11) is 1.36. The lowest BCUT2D eigenvalue weighted by molar-refractivity contribution is -0.384. The van der Waals surface area contributed by atoms with Gasteiger partial charge in [0.25, 0.3) is 5.91 Å². The van der Waals surface area contributed by atoms with E-state index >= 15 is 0 Å². The van der Waals surface area contributed by atoms with Gasteiger partial charge in [0.1, 0.15) is 5.69 Å². The number of hydrogen-bond donors (Lipinski definition) is 2. The van der Waals surface area contributed by atoms with E-state index in [2.05, 4.69) is 10.6 Å². The van der Waals surface area contributed by atoms with Crippen LogP contribution in [0.4, 0.5) is 11.4 Å². The molecule has 1 heterocycles. The van der Waals surface area contributed by atoms with Crippen LogP contribution >= 0.6 is 0 Å². The Hall–Kier alpha value is -2.31. The van der Waals surface area contributed by atoms with E-state index in [4.69, 9.17) is 4.74 Å². The molecular formula is C11H13N3O4. The molecule has 2 N–H and O–H groups in total. The van der Waals surface area contributed by atoms with E-state index < -0.39 is 4.92 Å². The lowest BCUT2D eigenvalue weighted by Gasteiger charge is -2.10. The van der Waals surface area contributed by atoms with Crippen LogP contribution in [0.3, 0.4) is 0 Å². The summed E-state index contributed by atoms with van der Waals surface area (Å²) in [5.74, 6) is -0.193. The highest BCUT2D eigenvalue weighted by Gasteiger charge is 2.29. The van der Waals surface area contributed by atoms with Gasteiger partial charge in [-0.05, 0) is 19.1 Å². The van der Waals surface area contributed by atoms with Crippen molar-refractivity contribution in [2.45, 2.75) is 13.0 Å². The van der Waals surface area contributed by atoms with Crippen LogP contribution in [0.1, 0.15) is 17.3 Å². The maximum Gasteiger partial charge on any atom is 0.334 e. The number of carbonyl (C=O) groups excluding carboxylic acids is 1. The third kappa shape index (κ3) is 1.94. The molecule has 0 radical (unpaired) electrons. The lowest BCUT2D eigenvalue weighted by atomic mass is 10.1. The molecule has 0 bridgehead atoms. The number of carbonyl (C=O) groups is 1. The highest BCUT2D eigenvalue weighted by atomic mass is 16.6. The topological polar surface area (TPSA) is 93.5 Å². The van der Waals surface area contributed by atoms with Crippen molar-refractivity contribution in [3.05, 3.63) is 27.8 Å². The first-order valence-electron chi connectivity index (χ1n) is 5.44. The Morgan fingerprint density at radius 1 is 1.50 bits per heavy atom. The van der Waals surface area contributed by atoms with Crippen molar-refractivity contribution in [2.24, 2.45) is 0 Å². The van der Waals surface area contributed by atoms with Gasteiger partial charge in [-0.25, -0.2) is 0 Å². The van der Waals surface area contributed by atoms with E-state index in [1.54, 1.807) is 0 Å². The van der Waals surface area contributed by atoms with Gasteiger partial charge in [0.05, 0.1) is 17.6 Å². The van der Waals surface area contributed by atoms with Crippen LogP contribution in [0.2, 0.25) is 0 Å². The number of nitrogens with one attached hydrogen (secondary N) is 2. The zero-order chi connectivity index (χ0) is 13.3. The molecule has 7 nitrogen and oxygen atoms in total. The van der Waals surface area contributed by atoms with Crippen molar-refractivity contribution in [3.8, 4) is 5.75 Å². The molecule has 18 heavy (non-hydrogen) atoms. The molecule has 0 fully saturated rings. The number of nitrogens with zero attached hydrogens (tertiary/aromatic N) is 1. The number of ether oxygens (including phenoxy) is 1. The SMILES string of the molecule is COc1ccc2c(c1[N+](=O)[O-])NC[C@H](C)NC2=O. The Morgan fingerprint density at radius 3 is 2.83 bits per heavy atom. The minimum absolute atomic E-state index is 0.101. The predicted molar refractivity (Wildman–Crippen MR) is 65.1 cm³/mol. The normalized spacial score (nSPS) is 18.1. The van der Waals surface area contributed by atoms with Crippen LogP contribution in [-0.4, -0.2) is 30.5 Å². The van der Waals surface area contributed by atoms with Crippen molar-refractivity contribution in [3.63, 3.8) is 0 Å². The van der Waals surface area contributed by atoms with Gasteiger partial charge in [-0.3, -0.25) is 14.9 Å². The smallest absolute Gasteiger partial charge is 0.334 e. The molecule has 1 amide bonds. The van der Waals surface area contributed by atoms with Crippen molar-refractivity contribution < 1.29 is 14.5 Å². The van der Waals surface area contributed by atoms with E-state index in [-0.39, 0.29) is 34.6 Å². The summed E-state index contributed by atoms with van der Waals surface area (Å²) in [6, 6.07) is 2.84. The third-order valence-corrected chi connectivity index (χ3v) is 2.75. The molecule has 0 aliphatic carbocycles. The van der Waals surface area contributed by atoms with E-state index in [1.807, 2.05) is 6.92 Å². The van der Waals surface area contributed by atoms with Crippen LogP contribution in [-0.2, 0) is 0 Å². The molecule has 0 spiro atoms. The monoisotopic (exact) mass is 251 g/mol. The molecule has 1 aliphatic rings. The van der Waals surface area contributed by atoms with Gasteiger partial charge in [0.2, 0.25) is 0 Å². The number of rotatable bonds is 2. The Morgan fingerprint density at radius 2 is 2.22 bits per heavy atom. The van der Waals surface area contributed by atoms with Gasteiger partial charge in [-0.15, -0.1) is 0 Å². The molecule has 1 aromatic carbocycles. The summed E-state index contributed by atoms with van der Waals surface area (Å²) in [6.45, 7) is 2.24. The first-order chi connectivity index (χ1) is 8.54. The van der Waals surface area contributed by atoms with Gasteiger partial charge in [-0.2, -0.15) is 0 Å². The Kier molecular flexibility index (Phi) is 3.05. The number of nitro groups is 1. The second-order valence-electron chi connectivity index (χ2n) is 4.05. The van der Waals surface area contributed by atoms with Crippen molar-refractivity contribution in [1.29, 1.82) is 0 Å². The molecule has 0 saturated carbocycles. The first kappa shape index (κ1) is 12.2. The molecule has 2 rings (SSSR count). The summed E-state index contributed by atoms with van der Waals surface area (Å²) in [5.41, 5.74) is 0.257. The summed E-state index contributed by atoms with van der Waals surface area (Å²) < 4.78 is 4.96. The van der Waals surface area contributed by atoms with E-state index in [0.29, 0.717) is 6.54 Å². The van der Waals surface area contributed by atoms with E-state index in [1.165, 1.54) is 19.2 Å². The predicted octanol–water partition coefficient (Wildman–Crippen LogP) is 1.15. The Bertz CT molecular complexity index is 515. The van der Waals surface area contributed by atoms with Gasteiger partial charge in [-0.1, -0.05) is 0 Å². The van der Waals surface area contributed by atoms with Gasteiger partial charge < -0.3 is 15.4 Å². The standard InChI is InChI=1S/C11H13N3O4/c1-6-5-12-9-7(11(15)13-6)3-4-8(18-2)10(9)14(16)17/h3-4,6,12H,5H2,1-2H3,(H,13,15)/t6-/m0/s1. The summed E-state index contributed by atoms with van der Waals surface area (Å²) in [5, 5.41) is 16.8. The zero-order valence-corrected chi connectivity index (χ0v) is 10.0. The molecule has 1 atom stereocenters. The number of methoxy groups -OCH3 is 1. The Labute approximate surface area is 103 Å². The Balaban J connectivity index is 2.63. The second kappa shape index (κ2) is 4.52. The lowest BCUT2D eigenvalue weighted by Crippen LogP contribution is -2.34. The minimum atomic E-state index is -0.548. The summed E-state index contributed by atoms with van der Waals surface area (Å²) in [6.07, 6.45) is 0. The number of benzene rings is 1. The average Bonchev–Trinajstić information content (AvgIpc) is 2.47. The molecule has 0 unspecified atom stereocenters. The largest absolute Gasteiger partial charge is 0.490 e. The number of fused-ring (bicyclic) bond motifs is 1. The van der Waals surface area contributed by atoms with Crippen LogP contribution in [0.25, 0.3) is 0 Å². The van der Waals surface area contributed by atoms with E-state index in [9.17, 15) is 14.9 Å². The number of hydrogen-bond acceptors (Lipinski definition) is 5. The van der Waals surface area contributed by atoms with Crippen molar-refractivity contribution >= 4 is 17.3 Å². The van der Waals surface area contributed by atoms with Crippen LogP contribution in [0.5, 0.6) is 5.75 Å². The van der Waals surface area contributed by atoms with Crippen molar-refractivity contribution in [1.82, 2.24) is 5.32 Å². The fourth-order valence-electron chi connectivity index (χ4n) is 1.89. The van der Waals surface area contributed by atoms with Gasteiger partial charge in [0, 0.05) is 12.6 Å². The minimum Gasteiger partial charge on any atom is -0.490 e. The van der Waals surface area contributed by atoms with Gasteiger partial charge in [0.15, 0.2) is 5.75 Å². The summed E-state index contributed by atoms with van der Waals surface area (Å²) in [4.78, 5) is 22.4. The molecule has 1 aliphatic heterocycles. The number of amides is 1. The molecular weight excluding hydrogens is 238 g/mol. The highest BCUT2D eigenvalue weighted by molar-refractivity contribution is 6.03. The van der Waals surface area contributed by atoms with Gasteiger partial charge >= 0.3 is 5.69 Å². The fourth-order valence-corrected chi connectivity index (χ4v) is 1.89. The molecule has 1 aromatic rings. The summed E-state index contributed by atoms with van der Waals surface area (Å²) >= 11 is 0. The molecule has 0 aromatic heterocycles. The van der Waals surface area contributed by atoms with Crippen LogP contribution in [0, 0.1) is 10.1 Å². The fraction of sp³-hybridized carbons (Fsp3) is 0.364. The molecule has 96 valence electrons. The van der Waals surface area contributed by atoms with E-state index in [0.717, 1.165) is 0 Å². The maximum atomic E-state index is 11.9. The maximum absolute atomic E-state index is 11.9. The number of nitro benzene ring substituents is 1. The third-order valence-electron chi connectivity index (χ3n) is 2.75. The number of anilines is 1. The zero-order valence-electron chi connectivity index (χ0n) is 10.0. The second-order valence-corrected chi connectivity index (χ2v) is 4.05. The van der Waals surface area contributed by atoms with Crippen LogP contribution in [0.15, 0.2) is 12.1 Å². The molecule has 0 saturated heterocycles. The quantitative estimate of drug-likeness (QED) is 0.607.